The zero-order chi connectivity index (χ0) is 16.2. The highest BCUT2D eigenvalue weighted by Gasteiger charge is 2.35. The summed E-state index contributed by atoms with van der Waals surface area (Å²) in [6, 6.07) is 5.10. The molecule has 0 amide bonds. The molecule has 0 spiro atoms. The molecule has 0 atom stereocenters. The van der Waals surface area contributed by atoms with Gasteiger partial charge in [-0.2, -0.15) is 0 Å². The molecule has 0 saturated carbocycles. The Morgan fingerprint density at radius 1 is 1.18 bits per heavy atom. The highest BCUT2D eigenvalue weighted by atomic mass is 16.6. The SMILES string of the molecule is COc1ccc(C(=O)OC(C)(C)C2CCNCC2)c(OC)c1. The molecule has 0 radical (unpaired) electrons. The van der Waals surface area contributed by atoms with E-state index in [9.17, 15) is 4.79 Å². The summed E-state index contributed by atoms with van der Waals surface area (Å²) in [7, 11) is 3.11. The molecule has 0 bridgehead atoms. The van der Waals surface area contributed by atoms with E-state index in [1.807, 2.05) is 13.8 Å². The van der Waals surface area contributed by atoms with Gasteiger partial charge in [0.1, 0.15) is 22.7 Å². The number of benzene rings is 1. The summed E-state index contributed by atoms with van der Waals surface area (Å²) < 4.78 is 16.2. The van der Waals surface area contributed by atoms with Gasteiger partial charge in [0.15, 0.2) is 0 Å². The minimum Gasteiger partial charge on any atom is -0.497 e. The molecule has 0 unspecified atom stereocenters. The van der Waals surface area contributed by atoms with Crippen LogP contribution in [0.15, 0.2) is 18.2 Å². The maximum atomic E-state index is 12.5. The number of carbonyl (C=O) groups is 1. The van der Waals surface area contributed by atoms with Crippen molar-refractivity contribution >= 4 is 5.97 Å². The summed E-state index contributed by atoms with van der Waals surface area (Å²) in [6.45, 7) is 5.91. The molecule has 5 heteroatoms. The Morgan fingerprint density at radius 3 is 2.45 bits per heavy atom. The number of ether oxygens (including phenoxy) is 3. The van der Waals surface area contributed by atoms with Gasteiger partial charge in [0, 0.05) is 12.0 Å². The number of nitrogens with one attached hydrogen (secondary N) is 1. The average molecular weight is 307 g/mol. The van der Waals surface area contributed by atoms with Crippen LogP contribution < -0.4 is 14.8 Å². The predicted octanol–water partition coefficient (Wildman–Crippen LogP) is 2.64. The fourth-order valence-corrected chi connectivity index (χ4v) is 2.86. The van der Waals surface area contributed by atoms with Crippen LogP contribution >= 0.6 is 0 Å². The molecule has 1 aromatic carbocycles. The standard InChI is InChI=1S/C17H25NO4/c1-17(2,12-7-9-18-10-8-12)22-16(19)14-6-5-13(20-3)11-15(14)21-4/h5-6,11-12,18H,7-10H2,1-4H3. The highest BCUT2D eigenvalue weighted by Crippen LogP contribution is 2.32. The summed E-state index contributed by atoms with van der Waals surface area (Å²) in [4.78, 5) is 12.5. The normalized spacial score (nSPS) is 16.2. The van der Waals surface area contributed by atoms with Crippen LogP contribution in [-0.4, -0.2) is 38.9 Å². The molecule has 1 saturated heterocycles. The van der Waals surface area contributed by atoms with Crippen LogP contribution in [0.1, 0.15) is 37.0 Å². The fourth-order valence-electron chi connectivity index (χ4n) is 2.86. The van der Waals surface area contributed by atoms with Crippen molar-refractivity contribution in [3.8, 4) is 11.5 Å². The Bertz CT molecular complexity index is 521. The molecule has 1 aliphatic rings. The van der Waals surface area contributed by atoms with Crippen LogP contribution in [0, 0.1) is 5.92 Å². The molecule has 2 rings (SSSR count). The van der Waals surface area contributed by atoms with Gasteiger partial charge in [-0.15, -0.1) is 0 Å². The maximum absolute atomic E-state index is 12.5. The van der Waals surface area contributed by atoms with E-state index < -0.39 is 5.60 Å². The smallest absolute Gasteiger partial charge is 0.342 e. The zero-order valence-electron chi connectivity index (χ0n) is 13.8. The lowest BCUT2D eigenvalue weighted by atomic mass is 9.83. The molecule has 0 aliphatic carbocycles. The first kappa shape index (κ1) is 16.6. The van der Waals surface area contributed by atoms with Crippen LogP contribution in [-0.2, 0) is 4.74 Å². The molecule has 1 aliphatic heterocycles. The van der Waals surface area contributed by atoms with Crippen LogP contribution in [0.4, 0.5) is 0 Å². The van der Waals surface area contributed by atoms with Crippen LogP contribution in [0.25, 0.3) is 0 Å². The van der Waals surface area contributed by atoms with Crippen molar-refractivity contribution in [3.63, 3.8) is 0 Å². The Balaban J connectivity index is 2.14. The van der Waals surface area contributed by atoms with Gasteiger partial charge in [-0.3, -0.25) is 0 Å². The Morgan fingerprint density at radius 2 is 1.86 bits per heavy atom. The summed E-state index contributed by atoms with van der Waals surface area (Å²) >= 11 is 0. The van der Waals surface area contributed by atoms with Gasteiger partial charge in [-0.05, 0) is 51.9 Å². The number of hydrogen-bond acceptors (Lipinski definition) is 5. The summed E-state index contributed by atoms with van der Waals surface area (Å²) in [5, 5.41) is 3.33. The second-order valence-electron chi connectivity index (χ2n) is 6.08. The minimum absolute atomic E-state index is 0.358. The molecule has 1 N–H and O–H groups in total. The van der Waals surface area contributed by atoms with E-state index in [0.717, 1.165) is 25.9 Å². The lowest BCUT2D eigenvalue weighted by Crippen LogP contribution is -2.42. The second-order valence-corrected chi connectivity index (χ2v) is 6.08. The van der Waals surface area contributed by atoms with E-state index in [-0.39, 0.29) is 5.97 Å². The lowest BCUT2D eigenvalue weighted by Gasteiger charge is -2.36. The monoisotopic (exact) mass is 307 g/mol. The second kappa shape index (κ2) is 7.01. The number of esters is 1. The van der Waals surface area contributed by atoms with E-state index in [1.165, 1.54) is 7.11 Å². The Labute approximate surface area is 131 Å². The van der Waals surface area contributed by atoms with Crippen molar-refractivity contribution in [1.29, 1.82) is 0 Å². The van der Waals surface area contributed by atoms with Crippen LogP contribution in [0.5, 0.6) is 11.5 Å². The van der Waals surface area contributed by atoms with Gasteiger partial charge in [0.2, 0.25) is 0 Å². The van der Waals surface area contributed by atoms with Gasteiger partial charge < -0.3 is 19.5 Å². The molecular weight excluding hydrogens is 282 g/mol. The fraction of sp³-hybridized carbons (Fsp3) is 0.588. The molecule has 1 heterocycles. The van der Waals surface area contributed by atoms with E-state index in [1.54, 1.807) is 25.3 Å². The van der Waals surface area contributed by atoms with Crippen molar-refractivity contribution in [2.24, 2.45) is 5.92 Å². The van der Waals surface area contributed by atoms with E-state index in [0.29, 0.717) is 23.0 Å². The number of carbonyl (C=O) groups excluding carboxylic acids is 1. The van der Waals surface area contributed by atoms with Gasteiger partial charge in [0.25, 0.3) is 0 Å². The topological polar surface area (TPSA) is 56.8 Å². The number of piperidine rings is 1. The zero-order valence-corrected chi connectivity index (χ0v) is 13.8. The first-order chi connectivity index (χ1) is 10.5. The van der Waals surface area contributed by atoms with Crippen molar-refractivity contribution in [2.45, 2.75) is 32.3 Å². The predicted molar refractivity (Wildman–Crippen MR) is 84.6 cm³/mol. The third kappa shape index (κ3) is 3.71. The lowest BCUT2D eigenvalue weighted by molar-refractivity contribution is -0.0370. The quantitative estimate of drug-likeness (QED) is 0.848. The van der Waals surface area contributed by atoms with Gasteiger partial charge in [0.05, 0.1) is 14.2 Å². The summed E-state index contributed by atoms with van der Waals surface area (Å²) in [6.07, 6.45) is 2.03. The Kier molecular flexibility index (Phi) is 5.29. The number of hydrogen-bond donors (Lipinski definition) is 1. The summed E-state index contributed by atoms with van der Waals surface area (Å²) in [5.74, 6) is 1.11. The van der Waals surface area contributed by atoms with E-state index >= 15 is 0 Å². The van der Waals surface area contributed by atoms with Gasteiger partial charge >= 0.3 is 5.97 Å². The number of methoxy groups -OCH3 is 2. The van der Waals surface area contributed by atoms with E-state index in [4.69, 9.17) is 14.2 Å². The Hall–Kier alpha value is -1.75. The first-order valence-corrected chi connectivity index (χ1v) is 7.64. The van der Waals surface area contributed by atoms with Crippen molar-refractivity contribution in [1.82, 2.24) is 5.32 Å². The third-order valence-electron chi connectivity index (χ3n) is 4.31. The minimum atomic E-state index is -0.496. The van der Waals surface area contributed by atoms with Crippen molar-refractivity contribution < 1.29 is 19.0 Å². The van der Waals surface area contributed by atoms with Crippen molar-refractivity contribution in [3.05, 3.63) is 23.8 Å². The first-order valence-electron chi connectivity index (χ1n) is 7.64. The number of rotatable bonds is 5. The average Bonchev–Trinajstić information content (AvgIpc) is 2.54. The van der Waals surface area contributed by atoms with Gasteiger partial charge in [-0.1, -0.05) is 0 Å². The molecule has 5 nitrogen and oxygen atoms in total. The van der Waals surface area contributed by atoms with Crippen LogP contribution in [0.2, 0.25) is 0 Å². The molecule has 1 fully saturated rings. The summed E-state index contributed by atoms with van der Waals surface area (Å²) in [5.41, 5.74) is -0.0743. The molecule has 0 aromatic heterocycles. The van der Waals surface area contributed by atoms with Crippen molar-refractivity contribution in [2.75, 3.05) is 27.3 Å². The van der Waals surface area contributed by atoms with Crippen LogP contribution in [0.3, 0.4) is 0 Å². The molecular formula is C17H25NO4. The molecule has 122 valence electrons. The molecule has 22 heavy (non-hydrogen) atoms. The highest BCUT2D eigenvalue weighted by molar-refractivity contribution is 5.93. The maximum Gasteiger partial charge on any atom is 0.342 e. The largest absolute Gasteiger partial charge is 0.497 e. The third-order valence-corrected chi connectivity index (χ3v) is 4.31. The molecule has 1 aromatic rings. The van der Waals surface area contributed by atoms with Gasteiger partial charge in [-0.25, -0.2) is 4.79 Å². The van der Waals surface area contributed by atoms with E-state index in [2.05, 4.69) is 5.32 Å².